The zero-order valence-electron chi connectivity index (χ0n) is 13.1. The molecule has 1 saturated carbocycles. The molecule has 0 aromatic heterocycles. The number of methoxy groups -OCH3 is 1. The van der Waals surface area contributed by atoms with Crippen LogP contribution in [0.1, 0.15) is 56.6 Å². The molecule has 3 rings (SSSR count). The molecule has 110 valence electrons. The zero-order valence-corrected chi connectivity index (χ0v) is 13.1. The highest BCUT2D eigenvalue weighted by molar-refractivity contribution is 5.51. The van der Waals surface area contributed by atoms with E-state index in [0.29, 0.717) is 11.5 Å². The fourth-order valence-electron chi connectivity index (χ4n) is 4.28. The molecular formula is C18H27NO. The summed E-state index contributed by atoms with van der Waals surface area (Å²) in [5.74, 6) is 1.82. The number of aryl methyl sites for hydroxylation is 1. The van der Waals surface area contributed by atoms with E-state index in [9.17, 15) is 0 Å². The molecule has 0 bridgehead atoms. The molecule has 2 atom stereocenters. The van der Waals surface area contributed by atoms with E-state index in [1.165, 1.54) is 56.3 Å². The van der Waals surface area contributed by atoms with E-state index in [4.69, 9.17) is 4.74 Å². The monoisotopic (exact) mass is 273 g/mol. The number of hydrogen-bond donors (Lipinski definition) is 0. The quantitative estimate of drug-likeness (QED) is 0.777. The van der Waals surface area contributed by atoms with Gasteiger partial charge in [-0.1, -0.05) is 26.0 Å². The third kappa shape index (κ3) is 2.05. The summed E-state index contributed by atoms with van der Waals surface area (Å²) >= 11 is 0. The van der Waals surface area contributed by atoms with Crippen LogP contribution in [0.15, 0.2) is 18.2 Å². The van der Waals surface area contributed by atoms with E-state index in [1.807, 2.05) is 7.11 Å². The molecule has 0 N–H and O–H groups in total. The van der Waals surface area contributed by atoms with Gasteiger partial charge in [-0.3, -0.25) is 4.90 Å². The average Bonchev–Trinajstić information content (AvgIpc) is 3.22. The highest BCUT2D eigenvalue weighted by Gasteiger charge is 2.60. The fourth-order valence-corrected chi connectivity index (χ4v) is 4.28. The molecule has 1 aromatic rings. The normalized spacial score (nSPS) is 27.1. The molecule has 20 heavy (non-hydrogen) atoms. The van der Waals surface area contributed by atoms with Gasteiger partial charge in [-0.25, -0.2) is 0 Å². The molecule has 0 spiro atoms. The second kappa shape index (κ2) is 5.40. The fraction of sp³-hybridized carbons (Fsp3) is 0.667. The van der Waals surface area contributed by atoms with Crippen LogP contribution in [-0.4, -0.2) is 30.6 Å². The van der Waals surface area contributed by atoms with Gasteiger partial charge >= 0.3 is 0 Å². The first-order chi connectivity index (χ1) is 9.76. The summed E-state index contributed by atoms with van der Waals surface area (Å²) < 4.78 is 5.64. The lowest BCUT2D eigenvalue weighted by Gasteiger charge is -2.36. The van der Waals surface area contributed by atoms with Crippen LogP contribution < -0.4 is 4.74 Å². The molecule has 0 amide bonds. The first-order valence-corrected chi connectivity index (χ1v) is 8.17. The van der Waals surface area contributed by atoms with Crippen LogP contribution in [0.4, 0.5) is 0 Å². The van der Waals surface area contributed by atoms with E-state index in [1.54, 1.807) is 0 Å². The molecule has 1 fully saturated rings. The highest BCUT2D eigenvalue weighted by Crippen LogP contribution is 2.63. The zero-order chi connectivity index (χ0) is 14.2. The van der Waals surface area contributed by atoms with Crippen molar-refractivity contribution >= 4 is 0 Å². The summed E-state index contributed by atoms with van der Waals surface area (Å²) in [6.45, 7) is 7.09. The Labute approximate surface area is 123 Å². The smallest absolute Gasteiger partial charge is 0.122 e. The summed E-state index contributed by atoms with van der Waals surface area (Å²) in [6, 6.07) is 6.57. The minimum Gasteiger partial charge on any atom is -0.496 e. The van der Waals surface area contributed by atoms with E-state index in [0.717, 1.165) is 5.75 Å². The van der Waals surface area contributed by atoms with Gasteiger partial charge in [0.15, 0.2) is 0 Å². The first-order valence-electron chi connectivity index (χ1n) is 8.17. The third-order valence-corrected chi connectivity index (χ3v) is 5.21. The van der Waals surface area contributed by atoms with Gasteiger partial charge < -0.3 is 4.74 Å². The maximum absolute atomic E-state index is 5.64. The highest BCUT2D eigenvalue weighted by atomic mass is 16.5. The maximum Gasteiger partial charge on any atom is 0.122 e. The molecule has 2 aliphatic carbocycles. The topological polar surface area (TPSA) is 12.5 Å². The molecule has 2 aliphatic rings. The lowest BCUT2D eigenvalue weighted by atomic mass is 9.86. The Kier molecular flexibility index (Phi) is 3.76. The second-order valence-electron chi connectivity index (χ2n) is 6.38. The Bertz CT molecular complexity index is 464. The van der Waals surface area contributed by atoms with Gasteiger partial charge in [0, 0.05) is 17.0 Å². The van der Waals surface area contributed by atoms with Crippen molar-refractivity contribution in [3.05, 3.63) is 29.3 Å². The first kappa shape index (κ1) is 13.9. The van der Waals surface area contributed by atoms with Gasteiger partial charge in [0.2, 0.25) is 0 Å². The predicted molar refractivity (Wildman–Crippen MR) is 83.6 cm³/mol. The van der Waals surface area contributed by atoms with Gasteiger partial charge in [0.05, 0.1) is 7.11 Å². The molecule has 2 heteroatoms. The molecular weight excluding hydrogens is 246 g/mol. The van der Waals surface area contributed by atoms with Crippen molar-refractivity contribution in [1.29, 1.82) is 0 Å². The molecule has 2 nitrogen and oxygen atoms in total. The maximum atomic E-state index is 5.64. The van der Waals surface area contributed by atoms with Crippen molar-refractivity contribution < 1.29 is 4.74 Å². The van der Waals surface area contributed by atoms with Gasteiger partial charge in [-0.2, -0.15) is 0 Å². The summed E-state index contributed by atoms with van der Waals surface area (Å²) in [7, 11) is 1.81. The SMILES string of the molecule is CCCN(CCC)C12CCc3cccc(OC)c3C1C2. The Balaban J connectivity index is 1.90. The van der Waals surface area contributed by atoms with Crippen molar-refractivity contribution in [2.75, 3.05) is 20.2 Å². The second-order valence-corrected chi connectivity index (χ2v) is 6.38. The number of nitrogens with zero attached hydrogens (tertiary/aromatic N) is 1. The molecule has 0 heterocycles. The van der Waals surface area contributed by atoms with Crippen LogP contribution in [0.25, 0.3) is 0 Å². The van der Waals surface area contributed by atoms with E-state index < -0.39 is 0 Å². The van der Waals surface area contributed by atoms with E-state index >= 15 is 0 Å². The van der Waals surface area contributed by atoms with Crippen LogP contribution in [0.3, 0.4) is 0 Å². The molecule has 0 aliphatic heterocycles. The molecule has 2 unspecified atom stereocenters. The van der Waals surface area contributed by atoms with E-state index in [-0.39, 0.29) is 0 Å². The number of hydrogen-bond acceptors (Lipinski definition) is 2. The Morgan fingerprint density at radius 2 is 2.00 bits per heavy atom. The third-order valence-electron chi connectivity index (χ3n) is 5.21. The van der Waals surface area contributed by atoms with Gasteiger partial charge in [-0.05, 0) is 56.8 Å². The van der Waals surface area contributed by atoms with E-state index in [2.05, 4.69) is 36.9 Å². The van der Waals surface area contributed by atoms with Gasteiger partial charge in [-0.15, -0.1) is 0 Å². The molecule has 1 aromatic carbocycles. The van der Waals surface area contributed by atoms with Crippen LogP contribution in [0.5, 0.6) is 5.75 Å². The predicted octanol–water partition coefficient (Wildman–Crippen LogP) is 3.99. The van der Waals surface area contributed by atoms with Crippen molar-refractivity contribution in [3.63, 3.8) is 0 Å². The largest absolute Gasteiger partial charge is 0.496 e. The lowest BCUT2D eigenvalue weighted by molar-refractivity contribution is 0.157. The van der Waals surface area contributed by atoms with Crippen LogP contribution in [0.2, 0.25) is 0 Å². The van der Waals surface area contributed by atoms with Crippen molar-refractivity contribution in [1.82, 2.24) is 4.90 Å². The van der Waals surface area contributed by atoms with Crippen LogP contribution in [-0.2, 0) is 6.42 Å². The number of rotatable bonds is 6. The van der Waals surface area contributed by atoms with Gasteiger partial charge in [0.1, 0.15) is 5.75 Å². The van der Waals surface area contributed by atoms with Crippen molar-refractivity contribution in [3.8, 4) is 5.75 Å². The molecule has 0 saturated heterocycles. The summed E-state index contributed by atoms with van der Waals surface area (Å²) in [5, 5.41) is 0. The van der Waals surface area contributed by atoms with Crippen molar-refractivity contribution in [2.45, 2.75) is 57.4 Å². The Hall–Kier alpha value is -1.02. The standard InChI is InChI=1S/C18H27NO/c1-4-11-19(12-5-2)18-10-9-14-7-6-8-16(20-3)17(14)15(18)13-18/h6-8,15H,4-5,9-13H2,1-3H3. The average molecular weight is 273 g/mol. The Morgan fingerprint density at radius 1 is 1.25 bits per heavy atom. The summed E-state index contributed by atoms with van der Waals surface area (Å²) in [6.07, 6.45) is 6.39. The number of benzene rings is 1. The Morgan fingerprint density at radius 3 is 2.65 bits per heavy atom. The van der Waals surface area contributed by atoms with Crippen molar-refractivity contribution in [2.24, 2.45) is 0 Å². The lowest BCUT2D eigenvalue weighted by Crippen LogP contribution is -2.41. The number of fused-ring (bicyclic) bond motifs is 3. The molecule has 0 radical (unpaired) electrons. The van der Waals surface area contributed by atoms with Crippen LogP contribution in [0, 0.1) is 0 Å². The number of ether oxygens (including phenoxy) is 1. The summed E-state index contributed by atoms with van der Waals surface area (Å²) in [5.41, 5.74) is 3.49. The van der Waals surface area contributed by atoms with Crippen LogP contribution >= 0.6 is 0 Å². The van der Waals surface area contributed by atoms with Gasteiger partial charge in [0.25, 0.3) is 0 Å². The minimum atomic E-state index is 0.452. The minimum absolute atomic E-state index is 0.452. The summed E-state index contributed by atoms with van der Waals surface area (Å²) in [4.78, 5) is 2.77.